The van der Waals surface area contributed by atoms with Crippen molar-refractivity contribution in [2.75, 3.05) is 5.75 Å². The summed E-state index contributed by atoms with van der Waals surface area (Å²) in [7, 11) is 0. The first kappa shape index (κ1) is 20.3. The Morgan fingerprint density at radius 2 is 1.93 bits per heavy atom. The molecule has 5 nitrogen and oxygen atoms in total. The molecule has 1 N–H and O–H groups in total. The molecule has 0 saturated heterocycles. The molecule has 4 rings (SSSR count). The van der Waals surface area contributed by atoms with Crippen LogP contribution in [0.25, 0.3) is 15.9 Å². The molecule has 0 aliphatic heterocycles. The molecular weight excluding hydrogens is 421 g/mol. The first-order valence-corrected chi connectivity index (χ1v) is 11.1. The van der Waals surface area contributed by atoms with Crippen LogP contribution in [0.2, 0.25) is 0 Å². The van der Waals surface area contributed by atoms with Crippen LogP contribution in [0, 0.1) is 12.7 Å². The normalized spacial score (nSPS) is 11.0. The molecule has 2 aromatic heterocycles. The molecule has 0 saturated carbocycles. The van der Waals surface area contributed by atoms with Crippen molar-refractivity contribution < 1.29 is 9.18 Å². The summed E-state index contributed by atoms with van der Waals surface area (Å²) in [5.41, 5.74) is 2.99. The standard InChI is InChI=1S/C22H18FN3O2S2/c1-14-4-2-3-5-18(14)26-21(28)20-17(10-11-29-20)25-22(26)30-13-19(27)24-12-15-6-8-16(23)9-7-15/h2-11H,12-13H2,1H3,(H,24,27). The van der Waals surface area contributed by atoms with Gasteiger partial charge in [0, 0.05) is 6.54 Å². The lowest BCUT2D eigenvalue weighted by Crippen LogP contribution is -2.26. The van der Waals surface area contributed by atoms with Crippen molar-refractivity contribution in [2.45, 2.75) is 18.6 Å². The van der Waals surface area contributed by atoms with Crippen molar-refractivity contribution in [3.8, 4) is 5.69 Å². The molecule has 2 heterocycles. The number of fused-ring (bicyclic) bond motifs is 1. The van der Waals surface area contributed by atoms with Gasteiger partial charge in [0.1, 0.15) is 10.5 Å². The van der Waals surface area contributed by atoms with E-state index < -0.39 is 0 Å². The number of aryl methyl sites for hydroxylation is 1. The van der Waals surface area contributed by atoms with E-state index in [0.717, 1.165) is 16.8 Å². The number of thiophene rings is 1. The van der Waals surface area contributed by atoms with Crippen LogP contribution >= 0.6 is 23.1 Å². The molecule has 4 aromatic rings. The van der Waals surface area contributed by atoms with Crippen molar-refractivity contribution >= 4 is 39.2 Å². The number of thioether (sulfide) groups is 1. The van der Waals surface area contributed by atoms with Crippen LogP contribution in [0.5, 0.6) is 0 Å². The van der Waals surface area contributed by atoms with Crippen LogP contribution < -0.4 is 10.9 Å². The molecule has 152 valence electrons. The fraction of sp³-hybridized carbons (Fsp3) is 0.136. The summed E-state index contributed by atoms with van der Waals surface area (Å²) in [6, 6.07) is 15.4. The van der Waals surface area contributed by atoms with Gasteiger partial charge in [-0.1, -0.05) is 42.1 Å². The average Bonchev–Trinajstić information content (AvgIpc) is 3.22. The second-order valence-corrected chi connectivity index (χ2v) is 8.51. The van der Waals surface area contributed by atoms with Gasteiger partial charge in [0.15, 0.2) is 5.16 Å². The third kappa shape index (κ3) is 4.29. The molecule has 2 aromatic carbocycles. The second kappa shape index (κ2) is 8.81. The molecule has 0 bridgehead atoms. The van der Waals surface area contributed by atoms with Crippen LogP contribution in [0.1, 0.15) is 11.1 Å². The molecule has 0 aliphatic carbocycles. The zero-order valence-electron chi connectivity index (χ0n) is 16.1. The fourth-order valence-electron chi connectivity index (χ4n) is 3.00. The van der Waals surface area contributed by atoms with E-state index in [2.05, 4.69) is 10.3 Å². The van der Waals surface area contributed by atoms with Gasteiger partial charge in [-0.15, -0.1) is 11.3 Å². The summed E-state index contributed by atoms with van der Waals surface area (Å²) in [5, 5.41) is 5.12. The quantitative estimate of drug-likeness (QED) is 0.359. The van der Waals surface area contributed by atoms with Crippen LogP contribution in [-0.4, -0.2) is 21.2 Å². The number of nitrogens with zero attached hydrogens (tertiary/aromatic N) is 2. The van der Waals surface area contributed by atoms with Gasteiger partial charge in [-0.05, 0) is 47.7 Å². The number of hydrogen-bond acceptors (Lipinski definition) is 5. The van der Waals surface area contributed by atoms with Crippen LogP contribution in [0.15, 0.2) is 69.9 Å². The van der Waals surface area contributed by atoms with E-state index in [0.29, 0.717) is 21.9 Å². The fourth-order valence-corrected chi connectivity index (χ4v) is 4.59. The van der Waals surface area contributed by atoms with Crippen molar-refractivity contribution in [1.29, 1.82) is 0 Å². The highest BCUT2D eigenvalue weighted by molar-refractivity contribution is 7.99. The zero-order chi connectivity index (χ0) is 21.1. The maximum absolute atomic E-state index is 13.1. The van der Waals surface area contributed by atoms with Gasteiger partial charge in [-0.3, -0.25) is 14.2 Å². The van der Waals surface area contributed by atoms with E-state index >= 15 is 0 Å². The molecule has 0 aliphatic rings. The summed E-state index contributed by atoms with van der Waals surface area (Å²) in [6.45, 7) is 2.24. The summed E-state index contributed by atoms with van der Waals surface area (Å²) >= 11 is 2.57. The third-order valence-electron chi connectivity index (χ3n) is 4.54. The number of hydrogen-bond donors (Lipinski definition) is 1. The Hall–Kier alpha value is -2.97. The SMILES string of the molecule is Cc1ccccc1-n1c(SCC(=O)NCc2ccc(F)cc2)nc2ccsc2c1=O. The summed E-state index contributed by atoms with van der Waals surface area (Å²) in [5.74, 6) is -0.403. The van der Waals surface area contributed by atoms with E-state index in [1.807, 2.05) is 42.6 Å². The maximum Gasteiger partial charge on any atom is 0.276 e. The lowest BCUT2D eigenvalue weighted by molar-refractivity contribution is -0.118. The number of carbonyl (C=O) groups excluding carboxylic acids is 1. The minimum absolute atomic E-state index is 0.106. The monoisotopic (exact) mass is 439 g/mol. The van der Waals surface area contributed by atoms with Gasteiger partial charge in [0.05, 0.1) is 17.0 Å². The third-order valence-corrected chi connectivity index (χ3v) is 6.37. The highest BCUT2D eigenvalue weighted by atomic mass is 32.2. The Morgan fingerprint density at radius 1 is 1.17 bits per heavy atom. The first-order valence-electron chi connectivity index (χ1n) is 9.23. The molecule has 30 heavy (non-hydrogen) atoms. The maximum atomic E-state index is 13.1. The lowest BCUT2D eigenvalue weighted by atomic mass is 10.2. The van der Waals surface area contributed by atoms with E-state index in [-0.39, 0.29) is 23.0 Å². The second-order valence-electron chi connectivity index (χ2n) is 6.65. The molecule has 8 heteroatoms. The number of para-hydroxylation sites is 1. The molecule has 1 amide bonds. The Balaban J connectivity index is 1.57. The van der Waals surface area contributed by atoms with E-state index in [1.165, 1.54) is 35.2 Å². The number of carbonyl (C=O) groups is 1. The van der Waals surface area contributed by atoms with Gasteiger partial charge in [0.25, 0.3) is 5.56 Å². The molecule has 0 atom stereocenters. The highest BCUT2D eigenvalue weighted by Crippen LogP contribution is 2.24. The van der Waals surface area contributed by atoms with E-state index in [4.69, 9.17) is 0 Å². The molecule has 0 radical (unpaired) electrons. The smallest absolute Gasteiger partial charge is 0.276 e. The molecular formula is C22H18FN3O2S2. The number of aromatic nitrogens is 2. The Kier molecular flexibility index (Phi) is 5.96. The molecule has 0 spiro atoms. The number of amides is 1. The van der Waals surface area contributed by atoms with Crippen molar-refractivity contribution in [3.63, 3.8) is 0 Å². The van der Waals surface area contributed by atoms with Gasteiger partial charge < -0.3 is 5.32 Å². The number of halogens is 1. The first-order chi connectivity index (χ1) is 14.5. The topological polar surface area (TPSA) is 64.0 Å². The van der Waals surface area contributed by atoms with Crippen LogP contribution in [0.4, 0.5) is 4.39 Å². The van der Waals surface area contributed by atoms with Gasteiger partial charge in [0.2, 0.25) is 5.91 Å². The molecule has 0 unspecified atom stereocenters. The van der Waals surface area contributed by atoms with Crippen molar-refractivity contribution in [2.24, 2.45) is 0 Å². The minimum atomic E-state index is -0.315. The largest absolute Gasteiger partial charge is 0.351 e. The number of benzene rings is 2. The minimum Gasteiger partial charge on any atom is -0.351 e. The summed E-state index contributed by atoms with van der Waals surface area (Å²) in [6.07, 6.45) is 0. The number of rotatable bonds is 6. The average molecular weight is 440 g/mol. The van der Waals surface area contributed by atoms with E-state index in [1.54, 1.807) is 16.7 Å². The summed E-state index contributed by atoms with van der Waals surface area (Å²) < 4.78 is 15.2. The van der Waals surface area contributed by atoms with Crippen molar-refractivity contribution in [3.05, 3.63) is 87.3 Å². The van der Waals surface area contributed by atoms with Crippen LogP contribution in [0.3, 0.4) is 0 Å². The Labute approximate surface area is 180 Å². The molecule has 0 fully saturated rings. The van der Waals surface area contributed by atoms with Crippen LogP contribution in [-0.2, 0) is 11.3 Å². The van der Waals surface area contributed by atoms with Gasteiger partial charge in [-0.2, -0.15) is 0 Å². The zero-order valence-corrected chi connectivity index (χ0v) is 17.7. The van der Waals surface area contributed by atoms with E-state index in [9.17, 15) is 14.0 Å². The predicted molar refractivity (Wildman–Crippen MR) is 119 cm³/mol. The lowest BCUT2D eigenvalue weighted by Gasteiger charge is -2.14. The van der Waals surface area contributed by atoms with Gasteiger partial charge >= 0.3 is 0 Å². The highest BCUT2D eigenvalue weighted by Gasteiger charge is 2.16. The Bertz CT molecular complexity index is 1270. The predicted octanol–water partition coefficient (Wildman–Crippen LogP) is 4.30. The Morgan fingerprint density at radius 3 is 2.70 bits per heavy atom. The summed E-state index contributed by atoms with van der Waals surface area (Å²) in [4.78, 5) is 30.1. The van der Waals surface area contributed by atoms with Gasteiger partial charge in [-0.25, -0.2) is 9.37 Å². The van der Waals surface area contributed by atoms with Crippen molar-refractivity contribution in [1.82, 2.24) is 14.9 Å². The number of nitrogens with one attached hydrogen (secondary N) is 1.